The number of methoxy groups -OCH3 is 1. The number of nitrogens with one attached hydrogen (secondary N) is 3. The Kier molecular flexibility index (Phi) is 10.4. The van der Waals surface area contributed by atoms with Gasteiger partial charge in [-0.3, -0.25) is 29.4 Å². The van der Waals surface area contributed by atoms with E-state index >= 15 is 0 Å². The maximum Gasteiger partial charge on any atom is 0.433 e. The Morgan fingerprint density at radius 2 is 1.77 bits per heavy atom. The number of amides is 4. The van der Waals surface area contributed by atoms with E-state index in [1.165, 1.54) is 30.9 Å². The van der Waals surface area contributed by atoms with Gasteiger partial charge in [0.15, 0.2) is 0 Å². The van der Waals surface area contributed by atoms with E-state index in [2.05, 4.69) is 32.4 Å². The normalized spacial score (nSPS) is 23.0. The van der Waals surface area contributed by atoms with Gasteiger partial charge in [-0.15, -0.1) is 11.3 Å². The zero-order valence-electron chi connectivity index (χ0n) is 33.2. The van der Waals surface area contributed by atoms with Gasteiger partial charge in [0.1, 0.15) is 23.2 Å². The third kappa shape index (κ3) is 7.63. The quantitative estimate of drug-likeness (QED) is 0.130. The second-order valence-electron chi connectivity index (χ2n) is 17.1. The third-order valence-electron chi connectivity index (χ3n) is 13.0. The maximum absolute atomic E-state index is 13.6. The lowest BCUT2D eigenvalue weighted by molar-refractivity contribution is -0.141. The van der Waals surface area contributed by atoms with E-state index < -0.39 is 29.7 Å². The van der Waals surface area contributed by atoms with Gasteiger partial charge in [-0.05, 0) is 92.9 Å². The molecule has 4 aromatic rings. The summed E-state index contributed by atoms with van der Waals surface area (Å²) >= 11 is 1.58. The summed E-state index contributed by atoms with van der Waals surface area (Å²) in [7, 11) is 1.47. The van der Waals surface area contributed by atoms with E-state index in [1.807, 2.05) is 18.2 Å². The van der Waals surface area contributed by atoms with Gasteiger partial charge < -0.3 is 20.3 Å². The highest BCUT2D eigenvalue weighted by Gasteiger charge is 2.52. The van der Waals surface area contributed by atoms with E-state index in [9.17, 15) is 32.3 Å². The summed E-state index contributed by atoms with van der Waals surface area (Å²) in [5.41, 5.74) is 2.56. The number of carbonyl (C=O) groups excluding carboxylic acids is 4. The number of alkyl halides is 3. The molecule has 3 N–H and O–H groups in total. The molecule has 5 heterocycles. The number of thiazole rings is 1. The van der Waals surface area contributed by atoms with Gasteiger partial charge >= 0.3 is 6.18 Å². The minimum absolute atomic E-state index is 0.191. The molecule has 0 radical (unpaired) electrons. The van der Waals surface area contributed by atoms with Crippen molar-refractivity contribution in [3.05, 3.63) is 82.6 Å². The van der Waals surface area contributed by atoms with Crippen LogP contribution in [0.4, 0.5) is 24.5 Å². The molecule has 2 aromatic carbocycles. The number of pyridine rings is 1. The van der Waals surface area contributed by atoms with Crippen molar-refractivity contribution in [2.45, 2.75) is 75.9 Å². The van der Waals surface area contributed by atoms with Crippen molar-refractivity contribution in [3.63, 3.8) is 0 Å². The van der Waals surface area contributed by atoms with Crippen LogP contribution in [0.2, 0.25) is 0 Å². The summed E-state index contributed by atoms with van der Waals surface area (Å²) in [5.74, 6) is 0.211. The number of ether oxygens (including phenoxy) is 1. The highest BCUT2D eigenvalue weighted by Crippen LogP contribution is 2.53. The van der Waals surface area contributed by atoms with E-state index in [1.54, 1.807) is 23.5 Å². The van der Waals surface area contributed by atoms with Gasteiger partial charge in [-0.1, -0.05) is 24.8 Å². The second-order valence-corrected chi connectivity index (χ2v) is 18.2. The number of nitrogens with zero attached hydrogens (tertiary/aromatic N) is 4. The number of halogens is 3. The summed E-state index contributed by atoms with van der Waals surface area (Å²) < 4.78 is 45.9. The first-order chi connectivity index (χ1) is 28.8. The number of benzene rings is 2. The van der Waals surface area contributed by atoms with Gasteiger partial charge in [-0.25, -0.2) is 9.97 Å². The zero-order chi connectivity index (χ0) is 41.9. The molecular weight excluding hydrogens is 796 g/mol. The molecule has 3 aliphatic heterocycles. The number of aromatic nitrogens is 2. The van der Waals surface area contributed by atoms with E-state index in [-0.39, 0.29) is 30.3 Å². The van der Waals surface area contributed by atoms with Crippen molar-refractivity contribution in [1.29, 1.82) is 0 Å². The Morgan fingerprint density at radius 1 is 1.00 bits per heavy atom. The molecule has 5 aliphatic rings. The van der Waals surface area contributed by atoms with Gasteiger partial charge in [-0.2, -0.15) is 13.2 Å². The van der Waals surface area contributed by atoms with Crippen LogP contribution in [0.1, 0.15) is 101 Å². The van der Waals surface area contributed by atoms with Gasteiger partial charge in [0, 0.05) is 61.5 Å². The molecule has 16 heteroatoms. The van der Waals surface area contributed by atoms with Gasteiger partial charge in [0.2, 0.25) is 11.8 Å². The number of rotatable bonds is 11. The Balaban J connectivity index is 0.719. The number of carbonyl (C=O) groups is 4. The molecule has 2 aliphatic carbocycles. The van der Waals surface area contributed by atoms with Crippen LogP contribution in [0.15, 0.2) is 55.1 Å². The fourth-order valence-electron chi connectivity index (χ4n) is 10.1. The highest BCUT2D eigenvalue weighted by atomic mass is 32.1. The number of piperidine rings is 1. The van der Waals surface area contributed by atoms with Crippen LogP contribution in [0.5, 0.6) is 5.75 Å². The molecule has 1 unspecified atom stereocenters. The average Bonchev–Trinajstić information content (AvgIpc) is 3.73. The van der Waals surface area contributed by atoms with E-state index in [0.29, 0.717) is 45.9 Å². The summed E-state index contributed by atoms with van der Waals surface area (Å²) in [6.45, 7) is 8.30. The third-order valence-corrected chi connectivity index (χ3v) is 14.2. The SMILES string of the molecule is C=C1c2cccc(NCCC3CC4(C3)CN(CC3CCC(c5nc6cc(OC)c(NC(=O)c7cccc(C(F)(F)F)n7)cc6s5)CC3)C4)c2C(=O)N1C1CCC(=O)NC1=O. The first-order valence-corrected chi connectivity index (χ1v) is 21.4. The monoisotopic (exact) mass is 841 g/mol. The van der Waals surface area contributed by atoms with Crippen LogP contribution < -0.4 is 20.7 Å². The van der Waals surface area contributed by atoms with Crippen LogP contribution in [-0.4, -0.2) is 82.7 Å². The molecule has 9 rings (SSSR count). The van der Waals surface area contributed by atoms with Crippen molar-refractivity contribution < 1.29 is 37.1 Å². The molecule has 60 heavy (non-hydrogen) atoms. The number of anilines is 2. The molecule has 314 valence electrons. The molecule has 1 atom stereocenters. The van der Waals surface area contributed by atoms with Crippen molar-refractivity contribution in [2.24, 2.45) is 17.3 Å². The standard InChI is InChI=1S/C44H46F3N7O5S/c1-24-28-5-3-6-29(38(28)42(58)54(24)33-13-14-37(55)52-40(33)57)48-16-15-26-19-43(20-26)22-53(23-43)21-25-9-11-27(12-10-25)41-51-32-17-34(59-2)31(18-35(32)60-41)50-39(56)30-7-4-8-36(49-30)44(45,46)47/h3-8,17-18,25-27,33,48H,1,9-16,19-23H2,2H3,(H,50,56)(H,52,55,57). The minimum atomic E-state index is -4.66. The number of hydrogen-bond acceptors (Lipinski definition) is 10. The Hall–Kier alpha value is -5.35. The molecule has 12 nitrogen and oxygen atoms in total. The first kappa shape index (κ1) is 40.1. The molecule has 2 aromatic heterocycles. The van der Waals surface area contributed by atoms with Crippen molar-refractivity contribution in [2.75, 3.05) is 43.9 Å². The van der Waals surface area contributed by atoms with Crippen molar-refractivity contribution in [3.8, 4) is 5.75 Å². The predicted molar refractivity (Wildman–Crippen MR) is 221 cm³/mol. The Labute approximate surface area is 349 Å². The molecule has 0 bridgehead atoms. The molecular formula is C44H46F3N7O5S. The number of hydrogen-bond donors (Lipinski definition) is 3. The topological polar surface area (TPSA) is 146 Å². The largest absolute Gasteiger partial charge is 0.494 e. The van der Waals surface area contributed by atoms with E-state index in [0.717, 1.165) is 96.9 Å². The fourth-order valence-corrected chi connectivity index (χ4v) is 11.3. The van der Waals surface area contributed by atoms with Gasteiger partial charge in [0.05, 0.1) is 33.6 Å². The number of likely N-dealkylation sites (tertiary alicyclic amines) is 1. The molecule has 4 amide bonds. The summed E-state index contributed by atoms with van der Waals surface area (Å²) in [4.78, 5) is 63.2. The van der Waals surface area contributed by atoms with Crippen molar-refractivity contribution in [1.82, 2.24) is 25.1 Å². The lowest BCUT2D eigenvalue weighted by atomic mass is 9.57. The number of fused-ring (bicyclic) bond motifs is 2. The predicted octanol–water partition coefficient (Wildman–Crippen LogP) is 7.69. The van der Waals surface area contributed by atoms with Crippen LogP contribution in [0, 0.1) is 17.3 Å². The Morgan fingerprint density at radius 3 is 2.50 bits per heavy atom. The lowest BCUT2D eigenvalue weighted by Gasteiger charge is -2.60. The molecule has 2 saturated carbocycles. The van der Waals surface area contributed by atoms with E-state index in [4.69, 9.17) is 9.72 Å². The zero-order valence-corrected chi connectivity index (χ0v) is 34.0. The fraction of sp³-hybridized carbons (Fsp3) is 0.455. The smallest absolute Gasteiger partial charge is 0.433 e. The van der Waals surface area contributed by atoms with Crippen LogP contribution in [0.3, 0.4) is 0 Å². The molecule has 4 fully saturated rings. The molecule has 2 saturated heterocycles. The second kappa shape index (κ2) is 15.6. The minimum Gasteiger partial charge on any atom is -0.494 e. The van der Waals surface area contributed by atoms with Crippen LogP contribution in [-0.2, 0) is 15.8 Å². The highest BCUT2D eigenvalue weighted by molar-refractivity contribution is 7.18. The Bertz CT molecular complexity index is 2400. The summed E-state index contributed by atoms with van der Waals surface area (Å²) in [6, 6.07) is 11.7. The lowest BCUT2D eigenvalue weighted by Crippen LogP contribution is -2.63. The van der Waals surface area contributed by atoms with Crippen LogP contribution >= 0.6 is 11.3 Å². The average molecular weight is 842 g/mol. The summed E-state index contributed by atoms with van der Waals surface area (Å²) in [6.07, 6.45) is 3.66. The first-order valence-electron chi connectivity index (χ1n) is 20.6. The van der Waals surface area contributed by atoms with Crippen molar-refractivity contribution >= 4 is 62.3 Å². The number of imide groups is 1. The van der Waals surface area contributed by atoms with Crippen LogP contribution in [0.25, 0.3) is 15.9 Å². The summed E-state index contributed by atoms with van der Waals surface area (Å²) in [5, 5.41) is 9.57. The molecule has 1 spiro atoms. The van der Waals surface area contributed by atoms with Gasteiger partial charge in [0.25, 0.3) is 11.8 Å². The maximum atomic E-state index is 13.6.